The zero-order chi connectivity index (χ0) is 11.1. The highest BCUT2D eigenvalue weighted by Gasteiger charge is 2.27. The van der Waals surface area contributed by atoms with Crippen LogP contribution >= 0.6 is 0 Å². The Kier molecular flexibility index (Phi) is 6.22. The molecule has 2 unspecified atom stereocenters. The predicted octanol–water partition coefficient (Wildman–Crippen LogP) is 1.38. The van der Waals surface area contributed by atoms with E-state index in [1.165, 1.54) is 12.8 Å². The molecule has 0 heterocycles. The Hall–Kier alpha value is -0.120. The fourth-order valence-corrected chi connectivity index (χ4v) is 2.45. The second-order valence-electron chi connectivity index (χ2n) is 4.53. The van der Waals surface area contributed by atoms with Gasteiger partial charge in [0, 0.05) is 12.6 Å². The zero-order valence-corrected chi connectivity index (χ0v) is 9.86. The molecule has 0 radical (unpaired) electrons. The van der Waals surface area contributed by atoms with Gasteiger partial charge in [-0.2, -0.15) is 0 Å². The second-order valence-corrected chi connectivity index (χ2v) is 4.53. The summed E-state index contributed by atoms with van der Waals surface area (Å²) in [5.74, 6) is 0. The summed E-state index contributed by atoms with van der Waals surface area (Å²) >= 11 is 0. The van der Waals surface area contributed by atoms with Crippen LogP contribution < -0.4 is 0 Å². The van der Waals surface area contributed by atoms with Crippen molar-refractivity contribution in [2.24, 2.45) is 0 Å². The van der Waals surface area contributed by atoms with E-state index in [4.69, 9.17) is 5.11 Å². The highest BCUT2D eigenvalue weighted by Crippen LogP contribution is 2.23. The third-order valence-corrected chi connectivity index (χ3v) is 3.35. The van der Waals surface area contributed by atoms with Gasteiger partial charge in [0.25, 0.3) is 0 Å². The van der Waals surface area contributed by atoms with Crippen LogP contribution in [0, 0.1) is 0 Å². The lowest BCUT2D eigenvalue weighted by molar-refractivity contribution is 0.0121. The van der Waals surface area contributed by atoms with Crippen LogP contribution in [-0.2, 0) is 0 Å². The van der Waals surface area contributed by atoms with Crippen molar-refractivity contribution in [3.63, 3.8) is 0 Å². The molecule has 3 nitrogen and oxygen atoms in total. The second kappa shape index (κ2) is 7.20. The number of hydrogen-bond donors (Lipinski definition) is 2. The Balaban J connectivity index is 2.44. The van der Waals surface area contributed by atoms with Gasteiger partial charge in [-0.3, -0.25) is 4.90 Å². The Bertz CT molecular complexity index is 164. The van der Waals surface area contributed by atoms with Crippen LogP contribution in [-0.4, -0.2) is 47.0 Å². The summed E-state index contributed by atoms with van der Waals surface area (Å²) in [6.07, 6.45) is 6.54. The number of rotatable bonds is 6. The lowest BCUT2D eigenvalue weighted by Crippen LogP contribution is -2.47. The summed E-state index contributed by atoms with van der Waals surface area (Å²) in [5.41, 5.74) is 0. The van der Waals surface area contributed by atoms with Gasteiger partial charge in [0.15, 0.2) is 0 Å². The Labute approximate surface area is 93.1 Å². The third-order valence-electron chi connectivity index (χ3n) is 3.35. The average molecular weight is 215 g/mol. The summed E-state index contributed by atoms with van der Waals surface area (Å²) in [6.45, 7) is 4.10. The van der Waals surface area contributed by atoms with Gasteiger partial charge < -0.3 is 10.2 Å². The van der Waals surface area contributed by atoms with Crippen LogP contribution in [0.5, 0.6) is 0 Å². The zero-order valence-electron chi connectivity index (χ0n) is 9.86. The van der Waals surface area contributed by atoms with Gasteiger partial charge in [-0.05, 0) is 25.8 Å². The van der Waals surface area contributed by atoms with Crippen LogP contribution in [0.1, 0.15) is 45.4 Å². The van der Waals surface area contributed by atoms with Crippen molar-refractivity contribution in [2.45, 2.75) is 57.6 Å². The van der Waals surface area contributed by atoms with Crippen molar-refractivity contribution in [1.82, 2.24) is 4.90 Å². The van der Waals surface area contributed by atoms with E-state index in [0.717, 1.165) is 32.2 Å². The fraction of sp³-hybridized carbons (Fsp3) is 1.00. The highest BCUT2D eigenvalue weighted by molar-refractivity contribution is 4.82. The van der Waals surface area contributed by atoms with Gasteiger partial charge in [-0.15, -0.1) is 0 Å². The molecule has 1 saturated carbocycles. The Morgan fingerprint density at radius 1 is 1.20 bits per heavy atom. The lowest BCUT2D eigenvalue weighted by atomic mass is 9.91. The molecule has 15 heavy (non-hydrogen) atoms. The van der Waals surface area contributed by atoms with E-state index in [9.17, 15) is 5.11 Å². The van der Waals surface area contributed by atoms with E-state index in [2.05, 4.69) is 11.8 Å². The molecule has 1 fully saturated rings. The normalized spacial score (nSPS) is 27.2. The average Bonchev–Trinajstić information content (AvgIpc) is 2.25. The van der Waals surface area contributed by atoms with Gasteiger partial charge in [-0.25, -0.2) is 0 Å². The largest absolute Gasteiger partial charge is 0.395 e. The number of hydrogen-bond acceptors (Lipinski definition) is 3. The predicted molar refractivity (Wildman–Crippen MR) is 61.8 cm³/mol. The highest BCUT2D eigenvalue weighted by atomic mass is 16.3. The molecule has 0 bridgehead atoms. The van der Waals surface area contributed by atoms with Crippen molar-refractivity contribution >= 4 is 0 Å². The molecule has 0 aromatic heterocycles. The van der Waals surface area contributed by atoms with E-state index in [1.54, 1.807) is 0 Å². The minimum absolute atomic E-state index is 0.179. The summed E-state index contributed by atoms with van der Waals surface area (Å²) < 4.78 is 0. The Morgan fingerprint density at radius 2 is 1.93 bits per heavy atom. The number of aliphatic hydroxyl groups is 2. The topological polar surface area (TPSA) is 43.7 Å². The van der Waals surface area contributed by atoms with Crippen molar-refractivity contribution in [1.29, 1.82) is 0 Å². The molecule has 0 saturated heterocycles. The molecule has 0 amide bonds. The number of unbranched alkanes of at least 4 members (excludes halogenated alkanes) is 1. The minimum atomic E-state index is -0.179. The SMILES string of the molecule is CCCCN(CCO)C1CCCCC1O. The van der Waals surface area contributed by atoms with E-state index >= 15 is 0 Å². The van der Waals surface area contributed by atoms with E-state index < -0.39 is 0 Å². The van der Waals surface area contributed by atoms with Gasteiger partial charge >= 0.3 is 0 Å². The molecule has 2 N–H and O–H groups in total. The van der Waals surface area contributed by atoms with Crippen molar-refractivity contribution in [3.8, 4) is 0 Å². The van der Waals surface area contributed by atoms with Crippen LogP contribution in [0.25, 0.3) is 0 Å². The quantitative estimate of drug-likeness (QED) is 0.703. The van der Waals surface area contributed by atoms with Crippen molar-refractivity contribution in [3.05, 3.63) is 0 Å². The monoisotopic (exact) mass is 215 g/mol. The summed E-state index contributed by atoms with van der Waals surface area (Å²) in [5, 5.41) is 19.0. The van der Waals surface area contributed by atoms with E-state index in [-0.39, 0.29) is 18.8 Å². The molecule has 0 aromatic rings. The number of aliphatic hydroxyl groups excluding tert-OH is 2. The molecule has 1 rings (SSSR count). The first-order valence-electron chi connectivity index (χ1n) is 6.32. The molecule has 0 aromatic carbocycles. The van der Waals surface area contributed by atoms with Gasteiger partial charge in [0.2, 0.25) is 0 Å². The van der Waals surface area contributed by atoms with E-state index in [0.29, 0.717) is 6.54 Å². The maximum absolute atomic E-state index is 9.94. The molecule has 1 aliphatic carbocycles. The minimum Gasteiger partial charge on any atom is -0.395 e. The standard InChI is InChI=1S/C12H25NO2/c1-2-3-8-13(9-10-14)11-6-4-5-7-12(11)15/h11-12,14-15H,2-10H2,1H3. The maximum Gasteiger partial charge on any atom is 0.0695 e. The Morgan fingerprint density at radius 3 is 2.53 bits per heavy atom. The molecule has 1 aliphatic rings. The molecular formula is C12H25NO2. The molecule has 2 atom stereocenters. The first kappa shape index (κ1) is 12.9. The van der Waals surface area contributed by atoms with Crippen LogP contribution in [0.3, 0.4) is 0 Å². The summed E-state index contributed by atoms with van der Waals surface area (Å²) in [7, 11) is 0. The molecule has 3 heteroatoms. The smallest absolute Gasteiger partial charge is 0.0695 e. The third kappa shape index (κ3) is 4.09. The lowest BCUT2D eigenvalue weighted by Gasteiger charge is -2.37. The first-order chi connectivity index (χ1) is 7.29. The first-order valence-corrected chi connectivity index (χ1v) is 6.32. The molecule has 0 aliphatic heterocycles. The summed E-state index contributed by atoms with van der Waals surface area (Å²) in [6, 6.07) is 0.289. The summed E-state index contributed by atoms with van der Waals surface area (Å²) in [4.78, 5) is 2.27. The van der Waals surface area contributed by atoms with E-state index in [1.807, 2.05) is 0 Å². The molecular weight excluding hydrogens is 190 g/mol. The number of nitrogens with zero attached hydrogens (tertiary/aromatic N) is 1. The van der Waals surface area contributed by atoms with Gasteiger partial charge in [0.05, 0.1) is 12.7 Å². The van der Waals surface area contributed by atoms with Crippen molar-refractivity contribution < 1.29 is 10.2 Å². The maximum atomic E-state index is 9.94. The van der Waals surface area contributed by atoms with Crippen molar-refractivity contribution in [2.75, 3.05) is 19.7 Å². The van der Waals surface area contributed by atoms with Crippen LogP contribution in [0.2, 0.25) is 0 Å². The molecule has 90 valence electrons. The van der Waals surface area contributed by atoms with Gasteiger partial charge in [0.1, 0.15) is 0 Å². The van der Waals surface area contributed by atoms with Crippen LogP contribution in [0.4, 0.5) is 0 Å². The van der Waals surface area contributed by atoms with Crippen LogP contribution in [0.15, 0.2) is 0 Å². The van der Waals surface area contributed by atoms with Gasteiger partial charge in [-0.1, -0.05) is 26.2 Å². The molecule has 0 spiro atoms. The fourth-order valence-electron chi connectivity index (χ4n) is 2.45.